The van der Waals surface area contributed by atoms with Crippen LogP contribution in [0.15, 0.2) is 24.3 Å². The first-order valence-corrected chi connectivity index (χ1v) is 4.71. The van der Waals surface area contributed by atoms with Crippen molar-refractivity contribution in [3.63, 3.8) is 0 Å². The molecule has 1 saturated carbocycles. The molecule has 0 heterocycles. The van der Waals surface area contributed by atoms with Gasteiger partial charge in [-0.25, -0.2) is 0 Å². The number of carboxylic acid groups (broad SMARTS) is 1. The highest BCUT2D eigenvalue weighted by Gasteiger charge is 2.23. The van der Waals surface area contributed by atoms with E-state index in [2.05, 4.69) is 0 Å². The molecule has 2 rings (SSSR count). The molecule has 74 valence electrons. The van der Waals surface area contributed by atoms with Crippen molar-refractivity contribution in [2.45, 2.75) is 25.4 Å². The average molecular weight is 192 g/mol. The highest BCUT2D eigenvalue weighted by Crippen LogP contribution is 2.26. The molecule has 1 fully saturated rings. The van der Waals surface area contributed by atoms with Crippen LogP contribution >= 0.6 is 0 Å². The Hall–Kier alpha value is -1.51. The average Bonchev–Trinajstić information content (AvgIpc) is 2.91. The van der Waals surface area contributed by atoms with Crippen LogP contribution in [0.1, 0.15) is 18.4 Å². The van der Waals surface area contributed by atoms with Crippen molar-refractivity contribution in [1.82, 2.24) is 0 Å². The monoisotopic (exact) mass is 192 g/mol. The minimum Gasteiger partial charge on any atom is -0.490 e. The maximum Gasteiger partial charge on any atom is 0.307 e. The second kappa shape index (κ2) is 3.70. The molecular formula is C11H12O3. The molecule has 14 heavy (non-hydrogen) atoms. The van der Waals surface area contributed by atoms with Gasteiger partial charge in [-0.15, -0.1) is 0 Å². The molecule has 0 saturated heterocycles. The first-order valence-electron chi connectivity index (χ1n) is 4.71. The molecule has 0 amide bonds. The van der Waals surface area contributed by atoms with E-state index in [-0.39, 0.29) is 6.42 Å². The van der Waals surface area contributed by atoms with Gasteiger partial charge in [0.2, 0.25) is 0 Å². The SMILES string of the molecule is O=C(O)Cc1ccc(OC2CC2)cc1. The van der Waals surface area contributed by atoms with Gasteiger partial charge in [0.15, 0.2) is 0 Å². The quantitative estimate of drug-likeness (QED) is 0.791. The Morgan fingerprint density at radius 1 is 1.36 bits per heavy atom. The maximum absolute atomic E-state index is 10.4. The molecule has 1 aliphatic rings. The van der Waals surface area contributed by atoms with Crippen LogP contribution in [0.3, 0.4) is 0 Å². The highest BCUT2D eigenvalue weighted by molar-refractivity contribution is 5.70. The van der Waals surface area contributed by atoms with Crippen LogP contribution in [-0.4, -0.2) is 17.2 Å². The summed E-state index contributed by atoms with van der Waals surface area (Å²) in [6.45, 7) is 0. The number of benzene rings is 1. The molecule has 0 unspecified atom stereocenters. The largest absolute Gasteiger partial charge is 0.490 e. The summed E-state index contributed by atoms with van der Waals surface area (Å²) in [5.41, 5.74) is 0.806. The molecule has 1 aliphatic carbocycles. The molecule has 0 radical (unpaired) electrons. The van der Waals surface area contributed by atoms with Gasteiger partial charge in [-0.2, -0.15) is 0 Å². The Kier molecular flexibility index (Phi) is 2.39. The summed E-state index contributed by atoms with van der Waals surface area (Å²) in [5.74, 6) is 0.0301. The Morgan fingerprint density at radius 3 is 2.50 bits per heavy atom. The highest BCUT2D eigenvalue weighted by atomic mass is 16.5. The van der Waals surface area contributed by atoms with Crippen LogP contribution in [0.4, 0.5) is 0 Å². The van der Waals surface area contributed by atoms with Crippen molar-refractivity contribution in [2.75, 3.05) is 0 Å². The van der Waals surface area contributed by atoms with E-state index in [0.29, 0.717) is 6.10 Å². The second-order valence-corrected chi connectivity index (χ2v) is 3.53. The first kappa shape index (κ1) is 9.06. The van der Waals surface area contributed by atoms with E-state index in [1.165, 1.54) is 0 Å². The molecule has 0 aliphatic heterocycles. The zero-order chi connectivity index (χ0) is 9.97. The van der Waals surface area contributed by atoms with Crippen molar-refractivity contribution in [2.24, 2.45) is 0 Å². The number of ether oxygens (including phenoxy) is 1. The molecule has 0 atom stereocenters. The van der Waals surface area contributed by atoms with Crippen LogP contribution in [0, 0.1) is 0 Å². The number of hydrogen-bond acceptors (Lipinski definition) is 2. The van der Waals surface area contributed by atoms with Crippen molar-refractivity contribution < 1.29 is 14.6 Å². The number of carboxylic acids is 1. The molecule has 1 aromatic carbocycles. The van der Waals surface area contributed by atoms with E-state index in [4.69, 9.17) is 9.84 Å². The lowest BCUT2D eigenvalue weighted by atomic mass is 10.1. The minimum absolute atomic E-state index is 0.0731. The summed E-state index contributed by atoms with van der Waals surface area (Å²) in [6.07, 6.45) is 2.73. The second-order valence-electron chi connectivity index (χ2n) is 3.53. The van der Waals surface area contributed by atoms with Gasteiger partial charge in [0.1, 0.15) is 5.75 Å². The number of aliphatic carboxylic acids is 1. The topological polar surface area (TPSA) is 46.5 Å². The third kappa shape index (κ3) is 2.49. The van der Waals surface area contributed by atoms with Crippen molar-refractivity contribution >= 4 is 5.97 Å². The van der Waals surface area contributed by atoms with Crippen LogP contribution < -0.4 is 4.74 Å². The van der Waals surface area contributed by atoms with E-state index in [1.54, 1.807) is 12.1 Å². The van der Waals surface area contributed by atoms with E-state index in [1.807, 2.05) is 12.1 Å². The van der Waals surface area contributed by atoms with E-state index in [0.717, 1.165) is 24.2 Å². The summed E-state index contributed by atoms with van der Waals surface area (Å²) < 4.78 is 5.54. The van der Waals surface area contributed by atoms with Gasteiger partial charge in [-0.05, 0) is 30.5 Å². The Balaban J connectivity index is 1.97. The predicted octanol–water partition coefficient (Wildman–Crippen LogP) is 1.85. The van der Waals surface area contributed by atoms with E-state index >= 15 is 0 Å². The molecule has 0 bridgehead atoms. The Morgan fingerprint density at radius 2 is 2.00 bits per heavy atom. The molecule has 1 N–H and O–H groups in total. The lowest BCUT2D eigenvalue weighted by Gasteiger charge is -2.04. The van der Waals surface area contributed by atoms with Gasteiger partial charge in [-0.1, -0.05) is 12.1 Å². The predicted molar refractivity (Wildman–Crippen MR) is 51.4 cm³/mol. The smallest absolute Gasteiger partial charge is 0.307 e. The van der Waals surface area contributed by atoms with E-state index in [9.17, 15) is 4.79 Å². The van der Waals surface area contributed by atoms with Crippen molar-refractivity contribution in [1.29, 1.82) is 0 Å². The van der Waals surface area contributed by atoms with Crippen molar-refractivity contribution in [3.05, 3.63) is 29.8 Å². The van der Waals surface area contributed by atoms with Gasteiger partial charge in [0.25, 0.3) is 0 Å². The minimum atomic E-state index is -0.805. The number of rotatable bonds is 4. The molecule has 1 aromatic rings. The van der Waals surface area contributed by atoms with Gasteiger partial charge in [0.05, 0.1) is 12.5 Å². The van der Waals surface area contributed by atoms with E-state index < -0.39 is 5.97 Å². The summed E-state index contributed by atoms with van der Waals surface area (Å²) in [6, 6.07) is 7.25. The Bertz CT molecular complexity index is 325. The first-order chi connectivity index (χ1) is 6.74. The Labute approximate surface area is 82.3 Å². The van der Waals surface area contributed by atoms with Crippen LogP contribution in [0.5, 0.6) is 5.75 Å². The fourth-order valence-corrected chi connectivity index (χ4v) is 1.24. The van der Waals surface area contributed by atoms with Gasteiger partial charge >= 0.3 is 5.97 Å². The standard InChI is InChI=1S/C11H12O3/c12-11(13)7-8-1-3-9(4-2-8)14-10-5-6-10/h1-4,10H,5-7H2,(H,12,13). The van der Waals surface area contributed by atoms with Crippen molar-refractivity contribution in [3.8, 4) is 5.75 Å². The summed E-state index contributed by atoms with van der Waals surface area (Å²) in [5, 5.41) is 8.56. The van der Waals surface area contributed by atoms with Crippen LogP contribution in [-0.2, 0) is 11.2 Å². The summed E-state index contributed by atoms with van der Waals surface area (Å²) in [7, 11) is 0. The number of hydrogen-bond donors (Lipinski definition) is 1. The molecule has 0 aromatic heterocycles. The molecular weight excluding hydrogens is 180 g/mol. The van der Waals surface area contributed by atoms with Gasteiger partial charge < -0.3 is 9.84 Å². The maximum atomic E-state index is 10.4. The molecule has 3 nitrogen and oxygen atoms in total. The summed E-state index contributed by atoms with van der Waals surface area (Å²) >= 11 is 0. The number of carbonyl (C=O) groups is 1. The molecule has 3 heteroatoms. The third-order valence-electron chi connectivity index (χ3n) is 2.11. The zero-order valence-electron chi connectivity index (χ0n) is 7.77. The van der Waals surface area contributed by atoms with Crippen LogP contribution in [0.2, 0.25) is 0 Å². The fourth-order valence-electron chi connectivity index (χ4n) is 1.24. The summed E-state index contributed by atoms with van der Waals surface area (Å²) in [4.78, 5) is 10.4. The lowest BCUT2D eigenvalue weighted by molar-refractivity contribution is -0.136. The normalized spacial score (nSPS) is 15.1. The lowest BCUT2D eigenvalue weighted by Crippen LogP contribution is -2.00. The van der Waals surface area contributed by atoms with Crippen LogP contribution in [0.25, 0.3) is 0 Å². The third-order valence-corrected chi connectivity index (χ3v) is 2.11. The van der Waals surface area contributed by atoms with Gasteiger partial charge in [-0.3, -0.25) is 4.79 Å². The molecule has 0 spiro atoms. The zero-order valence-corrected chi connectivity index (χ0v) is 7.77. The fraction of sp³-hybridized carbons (Fsp3) is 0.364. The van der Waals surface area contributed by atoms with Gasteiger partial charge in [0, 0.05) is 0 Å².